The number of nitrogens with two attached hydrogens (primary N) is 1. The van der Waals surface area contributed by atoms with Gasteiger partial charge in [0.05, 0.1) is 18.8 Å². The van der Waals surface area contributed by atoms with E-state index in [1.807, 2.05) is 0 Å². The molecule has 3 nitrogen and oxygen atoms in total. The van der Waals surface area contributed by atoms with Crippen molar-refractivity contribution in [2.45, 2.75) is 88.9 Å². The average molecular weight is 280 g/mol. The molecule has 1 spiro atoms. The molecule has 2 aliphatic heterocycles. The van der Waals surface area contributed by atoms with Gasteiger partial charge in [-0.1, -0.05) is 19.3 Å². The highest BCUT2D eigenvalue weighted by Crippen LogP contribution is 2.44. The van der Waals surface area contributed by atoms with Crippen molar-refractivity contribution in [3.8, 4) is 0 Å². The third-order valence-electron chi connectivity index (χ3n) is 5.91. The molecule has 3 fully saturated rings. The van der Waals surface area contributed by atoms with E-state index in [9.17, 15) is 0 Å². The molecule has 3 atom stereocenters. The first kappa shape index (κ1) is 14.8. The van der Waals surface area contributed by atoms with E-state index < -0.39 is 0 Å². The third-order valence-corrected chi connectivity index (χ3v) is 5.91. The van der Waals surface area contributed by atoms with Crippen molar-refractivity contribution >= 4 is 0 Å². The van der Waals surface area contributed by atoms with Crippen LogP contribution < -0.4 is 5.73 Å². The number of piperidine rings is 1. The quantitative estimate of drug-likeness (QED) is 0.802. The second-order valence-electron chi connectivity index (χ2n) is 7.72. The lowest BCUT2D eigenvalue weighted by Gasteiger charge is -2.60. The number of rotatable bonds is 1. The zero-order chi connectivity index (χ0) is 14.2. The minimum Gasteiger partial charge on any atom is -0.377 e. The summed E-state index contributed by atoms with van der Waals surface area (Å²) in [5, 5.41) is 0. The van der Waals surface area contributed by atoms with E-state index in [-0.39, 0.29) is 0 Å². The molecule has 3 unspecified atom stereocenters. The SMILES string of the molecule is CC(C)N1C2CCCCCC(N)CC2CCC12COC2. The van der Waals surface area contributed by atoms with Crippen LogP contribution in [0.3, 0.4) is 0 Å². The summed E-state index contributed by atoms with van der Waals surface area (Å²) in [5.74, 6) is 0.816. The van der Waals surface area contributed by atoms with Crippen molar-refractivity contribution in [2.75, 3.05) is 13.2 Å². The molecule has 3 rings (SSSR count). The Morgan fingerprint density at radius 2 is 1.85 bits per heavy atom. The summed E-state index contributed by atoms with van der Waals surface area (Å²) in [4.78, 5) is 2.84. The van der Waals surface area contributed by atoms with Gasteiger partial charge in [-0.15, -0.1) is 0 Å². The standard InChI is InChI=1S/C17H32N2O/c1-13(2)19-16-7-5-3-4-6-15(18)10-14(16)8-9-17(19)11-20-12-17/h13-16H,3-12,18H2,1-2H3. The maximum Gasteiger partial charge on any atom is 0.0683 e. The van der Waals surface area contributed by atoms with Gasteiger partial charge in [-0.05, 0) is 51.9 Å². The first-order valence-electron chi connectivity index (χ1n) is 8.74. The minimum absolute atomic E-state index is 0.369. The Morgan fingerprint density at radius 3 is 2.50 bits per heavy atom. The molecule has 0 aromatic heterocycles. The van der Waals surface area contributed by atoms with Gasteiger partial charge in [0.2, 0.25) is 0 Å². The number of ether oxygens (including phenoxy) is 1. The molecule has 116 valence electrons. The van der Waals surface area contributed by atoms with Crippen LogP contribution in [0.1, 0.15) is 65.2 Å². The second kappa shape index (κ2) is 5.94. The Balaban J connectivity index is 1.81. The van der Waals surface area contributed by atoms with Crippen molar-refractivity contribution in [3.63, 3.8) is 0 Å². The number of fused-ring (bicyclic) bond motifs is 1. The molecule has 0 amide bonds. The summed E-state index contributed by atoms with van der Waals surface area (Å²) in [6.07, 6.45) is 10.6. The van der Waals surface area contributed by atoms with Crippen molar-refractivity contribution < 1.29 is 4.74 Å². The minimum atomic E-state index is 0.369. The van der Waals surface area contributed by atoms with Gasteiger partial charge in [-0.3, -0.25) is 4.90 Å². The van der Waals surface area contributed by atoms with Crippen LogP contribution in [0.2, 0.25) is 0 Å². The number of hydrogen-bond acceptors (Lipinski definition) is 3. The van der Waals surface area contributed by atoms with Gasteiger partial charge in [0.25, 0.3) is 0 Å². The first-order valence-corrected chi connectivity index (χ1v) is 8.74. The fourth-order valence-corrected chi connectivity index (χ4v) is 5.01. The molecule has 2 N–H and O–H groups in total. The highest BCUT2D eigenvalue weighted by atomic mass is 16.5. The lowest BCUT2D eigenvalue weighted by molar-refractivity contribution is -0.195. The summed E-state index contributed by atoms with van der Waals surface area (Å²) >= 11 is 0. The van der Waals surface area contributed by atoms with Crippen LogP contribution in [-0.4, -0.2) is 41.8 Å². The fourth-order valence-electron chi connectivity index (χ4n) is 5.01. The van der Waals surface area contributed by atoms with Gasteiger partial charge in [0.1, 0.15) is 0 Å². The molecule has 2 heterocycles. The molecule has 0 aromatic rings. The molecule has 0 bridgehead atoms. The fraction of sp³-hybridized carbons (Fsp3) is 1.00. The maximum absolute atomic E-state index is 6.37. The Labute approximate surface area is 124 Å². The van der Waals surface area contributed by atoms with Crippen LogP contribution in [-0.2, 0) is 4.74 Å². The van der Waals surface area contributed by atoms with Gasteiger partial charge in [0.15, 0.2) is 0 Å². The molecule has 2 saturated heterocycles. The van der Waals surface area contributed by atoms with E-state index in [1.54, 1.807) is 0 Å². The molecule has 3 heteroatoms. The summed E-state index contributed by atoms with van der Waals surface area (Å²) in [5.41, 5.74) is 6.74. The van der Waals surface area contributed by atoms with E-state index in [4.69, 9.17) is 10.5 Å². The summed E-state index contributed by atoms with van der Waals surface area (Å²) in [6.45, 7) is 6.66. The lowest BCUT2D eigenvalue weighted by Crippen LogP contribution is -2.70. The van der Waals surface area contributed by atoms with Crippen molar-refractivity contribution in [3.05, 3.63) is 0 Å². The largest absolute Gasteiger partial charge is 0.377 e. The monoisotopic (exact) mass is 280 g/mol. The van der Waals surface area contributed by atoms with E-state index in [0.29, 0.717) is 17.6 Å². The third kappa shape index (κ3) is 2.65. The van der Waals surface area contributed by atoms with Crippen molar-refractivity contribution in [1.82, 2.24) is 4.90 Å². The Hall–Kier alpha value is -0.120. The molecule has 3 aliphatic rings. The zero-order valence-electron chi connectivity index (χ0n) is 13.3. The molecular formula is C17H32N2O. The Kier molecular flexibility index (Phi) is 4.40. The van der Waals surface area contributed by atoms with Crippen LogP contribution in [0.25, 0.3) is 0 Å². The predicted molar refractivity (Wildman–Crippen MR) is 82.7 cm³/mol. The highest BCUT2D eigenvalue weighted by molar-refractivity contribution is 5.06. The average Bonchev–Trinajstić information content (AvgIpc) is 2.45. The predicted octanol–water partition coefficient (Wildman–Crippen LogP) is 2.93. The van der Waals surface area contributed by atoms with Crippen molar-refractivity contribution in [1.29, 1.82) is 0 Å². The molecule has 1 saturated carbocycles. The Bertz CT molecular complexity index is 327. The summed E-state index contributed by atoms with van der Waals surface area (Å²) in [6, 6.07) is 1.81. The van der Waals surface area contributed by atoms with Crippen LogP contribution in [0.4, 0.5) is 0 Å². The topological polar surface area (TPSA) is 38.5 Å². The molecule has 0 radical (unpaired) electrons. The van der Waals surface area contributed by atoms with Crippen molar-refractivity contribution in [2.24, 2.45) is 11.7 Å². The van der Waals surface area contributed by atoms with Gasteiger partial charge in [0, 0.05) is 18.1 Å². The zero-order valence-corrected chi connectivity index (χ0v) is 13.3. The molecule has 0 aromatic carbocycles. The Morgan fingerprint density at radius 1 is 1.10 bits per heavy atom. The smallest absolute Gasteiger partial charge is 0.0683 e. The van der Waals surface area contributed by atoms with Crippen LogP contribution in [0.15, 0.2) is 0 Å². The maximum atomic E-state index is 6.37. The van der Waals surface area contributed by atoms with Crippen LogP contribution >= 0.6 is 0 Å². The summed E-state index contributed by atoms with van der Waals surface area (Å²) in [7, 11) is 0. The second-order valence-corrected chi connectivity index (χ2v) is 7.72. The molecule has 20 heavy (non-hydrogen) atoms. The van der Waals surface area contributed by atoms with Crippen LogP contribution in [0.5, 0.6) is 0 Å². The molecular weight excluding hydrogens is 248 g/mol. The van der Waals surface area contributed by atoms with Gasteiger partial charge < -0.3 is 10.5 Å². The van der Waals surface area contributed by atoms with E-state index in [1.165, 1.54) is 51.4 Å². The van der Waals surface area contributed by atoms with E-state index in [0.717, 1.165) is 25.2 Å². The van der Waals surface area contributed by atoms with E-state index in [2.05, 4.69) is 18.7 Å². The van der Waals surface area contributed by atoms with E-state index >= 15 is 0 Å². The summed E-state index contributed by atoms with van der Waals surface area (Å²) < 4.78 is 5.61. The number of likely N-dealkylation sites (tertiary alicyclic amines) is 1. The molecule has 1 aliphatic carbocycles. The lowest BCUT2D eigenvalue weighted by atomic mass is 9.72. The first-order chi connectivity index (χ1) is 9.62. The number of hydrogen-bond donors (Lipinski definition) is 1. The van der Waals surface area contributed by atoms with Crippen LogP contribution in [0, 0.1) is 5.92 Å². The van der Waals surface area contributed by atoms with Gasteiger partial charge in [-0.25, -0.2) is 0 Å². The van der Waals surface area contributed by atoms with Gasteiger partial charge in [-0.2, -0.15) is 0 Å². The van der Waals surface area contributed by atoms with Gasteiger partial charge >= 0.3 is 0 Å². The highest BCUT2D eigenvalue weighted by Gasteiger charge is 2.52. The number of nitrogens with zero attached hydrogens (tertiary/aromatic N) is 1. The normalized spacial score (nSPS) is 38.7.